The summed E-state index contributed by atoms with van der Waals surface area (Å²) in [6, 6.07) is 13.0. The van der Waals surface area contributed by atoms with Crippen LogP contribution >= 0.6 is 0 Å². The SMILES string of the molecule is Cc1nnc(CC(C)(C)C(=O)O)n1Cc1ccc(C2CC2)c2ccccc12. The molecular formula is C22H25N3O2. The molecule has 1 heterocycles. The number of hydrogen-bond donors (Lipinski definition) is 1. The van der Waals surface area contributed by atoms with Gasteiger partial charge in [-0.05, 0) is 61.4 Å². The lowest BCUT2D eigenvalue weighted by atomic mass is 9.89. The number of benzene rings is 2. The van der Waals surface area contributed by atoms with Gasteiger partial charge in [-0.25, -0.2) is 0 Å². The minimum atomic E-state index is -0.880. The van der Waals surface area contributed by atoms with Crippen LogP contribution < -0.4 is 0 Å². The van der Waals surface area contributed by atoms with Crippen molar-refractivity contribution in [2.75, 3.05) is 0 Å². The van der Waals surface area contributed by atoms with Gasteiger partial charge in [-0.2, -0.15) is 0 Å². The van der Waals surface area contributed by atoms with E-state index in [2.05, 4.69) is 46.6 Å². The van der Waals surface area contributed by atoms with Crippen molar-refractivity contribution in [1.29, 1.82) is 0 Å². The first-order chi connectivity index (χ1) is 12.9. The van der Waals surface area contributed by atoms with E-state index in [0.29, 0.717) is 18.9 Å². The van der Waals surface area contributed by atoms with Gasteiger partial charge in [0.25, 0.3) is 0 Å². The summed E-state index contributed by atoms with van der Waals surface area (Å²) in [6.07, 6.45) is 2.91. The minimum Gasteiger partial charge on any atom is -0.481 e. The van der Waals surface area contributed by atoms with E-state index in [1.807, 2.05) is 11.5 Å². The summed E-state index contributed by atoms with van der Waals surface area (Å²) < 4.78 is 2.04. The largest absolute Gasteiger partial charge is 0.481 e. The molecule has 3 aromatic rings. The Labute approximate surface area is 159 Å². The van der Waals surface area contributed by atoms with Crippen molar-refractivity contribution >= 4 is 16.7 Å². The van der Waals surface area contributed by atoms with E-state index in [1.165, 1.54) is 34.7 Å². The summed E-state index contributed by atoms with van der Waals surface area (Å²) in [7, 11) is 0. The van der Waals surface area contributed by atoms with Crippen molar-refractivity contribution in [3.8, 4) is 0 Å². The third-order valence-electron chi connectivity index (χ3n) is 5.59. The summed E-state index contributed by atoms with van der Waals surface area (Å²) >= 11 is 0. The summed E-state index contributed by atoms with van der Waals surface area (Å²) in [4.78, 5) is 11.5. The fraction of sp³-hybridized carbons (Fsp3) is 0.409. The van der Waals surface area contributed by atoms with E-state index in [4.69, 9.17) is 0 Å². The smallest absolute Gasteiger partial charge is 0.309 e. The number of aryl methyl sites for hydroxylation is 1. The molecule has 1 aliphatic rings. The number of aromatic nitrogens is 3. The normalized spacial score (nSPS) is 14.6. The highest BCUT2D eigenvalue weighted by atomic mass is 16.4. The Hall–Kier alpha value is -2.69. The molecule has 5 heteroatoms. The molecule has 5 nitrogen and oxygen atoms in total. The molecule has 4 rings (SSSR count). The number of carboxylic acid groups (broad SMARTS) is 1. The number of carbonyl (C=O) groups is 1. The molecule has 0 aliphatic heterocycles. The molecule has 1 aliphatic carbocycles. The molecule has 27 heavy (non-hydrogen) atoms. The third kappa shape index (κ3) is 3.34. The van der Waals surface area contributed by atoms with Crippen LogP contribution in [0.5, 0.6) is 0 Å². The second-order valence-electron chi connectivity index (χ2n) is 8.25. The Morgan fingerprint density at radius 2 is 1.85 bits per heavy atom. The quantitative estimate of drug-likeness (QED) is 0.708. The molecule has 1 saturated carbocycles. The van der Waals surface area contributed by atoms with Crippen LogP contribution in [0.25, 0.3) is 10.8 Å². The van der Waals surface area contributed by atoms with Crippen molar-refractivity contribution in [2.45, 2.75) is 52.5 Å². The first-order valence-electron chi connectivity index (χ1n) is 9.49. The molecule has 0 bridgehead atoms. The van der Waals surface area contributed by atoms with Gasteiger partial charge in [-0.3, -0.25) is 4.79 Å². The van der Waals surface area contributed by atoms with Gasteiger partial charge in [-0.1, -0.05) is 36.4 Å². The highest BCUT2D eigenvalue weighted by molar-refractivity contribution is 5.89. The van der Waals surface area contributed by atoms with Crippen LogP contribution in [-0.4, -0.2) is 25.8 Å². The van der Waals surface area contributed by atoms with Gasteiger partial charge in [0, 0.05) is 6.42 Å². The van der Waals surface area contributed by atoms with Gasteiger partial charge in [0.1, 0.15) is 11.6 Å². The molecule has 1 fully saturated rings. The predicted molar refractivity (Wildman–Crippen MR) is 105 cm³/mol. The lowest BCUT2D eigenvalue weighted by molar-refractivity contribution is -0.146. The molecule has 0 atom stereocenters. The monoisotopic (exact) mass is 363 g/mol. The van der Waals surface area contributed by atoms with Crippen molar-refractivity contribution in [1.82, 2.24) is 14.8 Å². The summed E-state index contributed by atoms with van der Waals surface area (Å²) in [6.45, 7) is 6.02. The highest BCUT2D eigenvalue weighted by Gasteiger charge is 2.30. The van der Waals surface area contributed by atoms with E-state index >= 15 is 0 Å². The number of hydrogen-bond acceptors (Lipinski definition) is 3. The zero-order chi connectivity index (χ0) is 19.2. The fourth-order valence-corrected chi connectivity index (χ4v) is 3.68. The predicted octanol–water partition coefficient (Wildman–Crippen LogP) is 4.32. The van der Waals surface area contributed by atoms with Crippen LogP contribution in [0.4, 0.5) is 0 Å². The van der Waals surface area contributed by atoms with Gasteiger partial charge in [-0.15, -0.1) is 10.2 Å². The average Bonchev–Trinajstić information content (AvgIpc) is 3.42. The first kappa shape index (κ1) is 17.7. The lowest BCUT2D eigenvalue weighted by Crippen LogP contribution is -2.28. The van der Waals surface area contributed by atoms with Gasteiger partial charge in [0.05, 0.1) is 12.0 Å². The maximum Gasteiger partial charge on any atom is 0.309 e. The van der Waals surface area contributed by atoms with Crippen LogP contribution in [0.15, 0.2) is 36.4 Å². The summed E-state index contributed by atoms with van der Waals surface area (Å²) in [5.74, 6) is 1.40. The second-order valence-corrected chi connectivity index (χ2v) is 8.25. The van der Waals surface area contributed by atoms with Gasteiger partial charge in [0.15, 0.2) is 0 Å². The van der Waals surface area contributed by atoms with Gasteiger partial charge in [0.2, 0.25) is 0 Å². The van der Waals surface area contributed by atoms with E-state index in [0.717, 1.165) is 11.6 Å². The van der Waals surface area contributed by atoms with Crippen molar-refractivity contribution in [2.24, 2.45) is 5.41 Å². The standard InChI is InChI=1S/C22H25N3O2/c1-14-23-24-20(12-22(2,3)21(26)27)25(14)13-16-10-11-18(15-8-9-15)19-7-5-4-6-17(16)19/h4-7,10-11,15H,8-9,12-13H2,1-3H3,(H,26,27). The van der Waals surface area contributed by atoms with Crippen LogP contribution in [-0.2, 0) is 17.8 Å². The van der Waals surface area contributed by atoms with Crippen molar-refractivity contribution in [3.63, 3.8) is 0 Å². The second kappa shape index (κ2) is 6.48. The van der Waals surface area contributed by atoms with Crippen molar-refractivity contribution < 1.29 is 9.90 Å². The molecule has 0 radical (unpaired) electrons. The van der Waals surface area contributed by atoms with Crippen LogP contribution in [0, 0.1) is 12.3 Å². The van der Waals surface area contributed by atoms with Crippen LogP contribution in [0.2, 0.25) is 0 Å². The number of carboxylic acids is 1. The Morgan fingerprint density at radius 3 is 2.52 bits per heavy atom. The maximum atomic E-state index is 11.5. The molecule has 0 amide bonds. The van der Waals surface area contributed by atoms with Gasteiger partial charge < -0.3 is 9.67 Å². The summed E-state index contributed by atoms with van der Waals surface area (Å²) in [5.41, 5.74) is 1.78. The Morgan fingerprint density at radius 1 is 1.15 bits per heavy atom. The third-order valence-corrected chi connectivity index (χ3v) is 5.59. The number of rotatable bonds is 6. The topological polar surface area (TPSA) is 68.0 Å². The van der Waals surface area contributed by atoms with E-state index < -0.39 is 11.4 Å². The number of aliphatic carboxylic acids is 1. The first-order valence-corrected chi connectivity index (χ1v) is 9.49. The molecule has 1 N–H and O–H groups in total. The highest BCUT2D eigenvalue weighted by Crippen LogP contribution is 2.43. The summed E-state index contributed by atoms with van der Waals surface area (Å²) in [5, 5.41) is 20.5. The molecular weight excluding hydrogens is 338 g/mol. The molecule has 140 valence electrons. The number of fused-ring (bicyclic) bond motifs is 1. The van der Waals surface area contributed by atoms with Crippen LogP contribution in [0.1, 0.15) is 55.4 Å². The zero-order valence-electron chi connectivity index (χ0n) is 16.1. The molecule has 1 aromatic heterocycles. The molecule has 2 aromatic carbocycles. The van der Waals surface area contributed by atoms with Crippen molar-refractivity contribution in [3.05, 3.63) is 59.2 Å². The van der Waals surface area contributed by atoms with E-state index in [1.54, 1.807) is 13.8 Å². The Bertz CT molecular complexity index is 1020. The molecule has 0 unspecified atom stereocenters. The van der Waals surface area contributed by atoms with Crippen LogP contribution in [0.3, 0.4) is 0 Å². The Kier molecular flexibility index (Phi) is 4.25. The molecule has 0 saturated heterocycles. The van der Waals surface area contributed by atoms with E-state index in [9.17, 15) is 9.90 Å². The zero-order valence-corrected chi connectivity index (χ0v) is 16.1. The lowest BCUT2D eigenvalue weighted by Gasteiger charge is -2.19. The number of nitrogens with zero attached hydrogens (tertiary/aromatic N) is 3. The average molecular weight is 363 g/mol. The van der Waals surface area contributed by atoms with Gasteiger partial charge >= 0.3 is 5.97 Å². The van der Waals surface area contributed by atoms with E-state index in [-0.39, 0.29) is 0 Å². The maximum absolute atomic E-state index is 11.5. The molecule has 0 spiro atoms. The Balaban J connectivity index is 1.72. The fourth-order valence-electron chi connectivity index (χ4n) is 3.68. The minimum absolute atomic E-state index is 0.348.